The number of hydrogen-bond acceptors (Lipinski definition) is 7. The summed E-state index contributed by atoms with van der Waals surface area (Å²) in [7, 11) is 3.31. The number of nitrogens with one attached hydrogen (secondary N) is 3. The van der Waals surface area contributed by atoms with Crippen molar-refractivity contribution in [1.82, 2.24) is 9.88 Å². The zero-order valence-electron chi connectivity index (χ0n) is 19.4. The molecule has 1 aliphatic heterocycles. The summed E-state index contributed by atoms with van der Waals surface area (Å²) in [6, 6.07) is 12.9. The van der Waals surface area contributed by atoms with E-state index in [2.05, 4.69) is 36.5 Å². The van der Waals surface area contributed by atoms with Gasteiger partial charge in [0.2, 0.25) is 0 Å². The average molecular weight is 570 g/mol. The summed E-state index contributed by atoms with van der Waals surface area (Å²) >= 11 is 9.51. The highest BCUT2D eigenvalue weighted by atomic mass is 79.9. The quantitative estimate of drug-likeness (QED) is 0.356. The van der Waals surface area contributed by atoms with E-state index in [9.17, 15) is 9.59 Å². The summed E-state index contributed by atoms with van der Waals surface area (Å²) in [5, 5.41) is 14.1. The summed E-state index contributed by atoms with van der Waals surface area (Å²) in [6.07, 6.45) is 1.55. The number of benzene rings is 2. The van der Waals surface area contributed by atoms with E-state index in [4.69, 9.17) is 21.7 Å². The Morgan fingerprint density at radius 3 is 2.42 bits per heavy atom. The number of ether oxygens (including phenoxy) is 1. The molecule has 0 fully saturated rings. The maximum absolute atomic E-state index is 13.1. The van der Waals surface area contributed by atoms with Crippen molar-refractivity contribution in [3.8, 4) is 5.75 Å². The molecule has 184 valence electrons. The molecule has 11 heteroatoms. The number of hydrogen-bond donors (Lipinski definition) is 3. The van der Waals surface area contributed by atoms with Crippen LogP contribution in [-0.4, -0.2) is 60.5 Å². The number of amides is 2. The van der Waals surface area contributed by atoms with E-state index in [0.29, 0.717) is 35.0 Å². The molecule has 4 rings (SSSR count). The second-order valence-electron chi connectivity index (χ2n) is 7.88. The zero-order chi connectivity index (χ0) is 25.8. The Labute approximate surface area is 221 Å². The van der Waals surface area contributed by atoms with Crippen LogP contribution in [-0.2, 0) is 0 Å². The molecule has 0 aliphatic carbocycles. The van der Waals surface area contributed by atoms with Crippen LogP contribution in [0.2, 0.25) is 5.02 Å². The molecule has 3 N–H and O–H groups in total. The predicted molar refractivity (Wildman–Crippen MR) is 144 cm³/mol. The molecule has 0 atom stereocenters. The second kappa shape index (κ2) is 10.9. The van der Waals surface area contributed by atoms with Crippen molar-refractivity contribution in [2.75, 3.05) is 37.9 Å². The molecule has 1 aliphatic rings. The molecule has 2 aromatic carbocycles. The standard InChI is InChI=1S/C25H22BrClN6O3/c1-33-10-9-29-23(33)21(28)14-3-5-15(6-4-14)24(34)32-22-18(11-17(27)12-19(22)36-2)25(35)31-20-8-7-16(26)13-30-20/h3-8,11-13,28H,9-10H2,1-2H3,(H,32,34)(H,30,31,35). The Bertz CT molecular complexity index is 1360. The van der Waals surface area contributed by atoms with E-state index >= 15 is 0 Å². The Balaban J connectivity index is 1.57. The third kappa shape index (κ3) is 5.55. The minimum atomic E-state index is -0.522. The lowest BCUT2D eigenvalue weighted by atomic mass is 10.1. The fraction of sp³-hybridized carbons (Fsp3) is 0.160. The second-order valence-corrected chi connectivity index (χ2v) is 9.23. The van der Waals surface area contributed by atoms with E-state index in [-0.39, 0.29) is 22.0 Å². The van der Waals surface area contributed by atoms with Crippen LogP contribution in [0.1, 0.15) is 26.3 Å². The van der Waals surface area contributed by atoms with Gasteiger partial charge in [-0.1, -0.05) is 23.7 Å². The number of nitrogens with zero attached hydrogens (tertiary/aromatic N) is 3. The first-order valence-electron chi connectivity index (χ1n) is 10.8. The maximum Gasteiger partial charge on any atom is 0.259 e. The lowest BCUT2D eigenvalue weighted by Crippen LogP contribution is -2.30. The molecule has 2 heterocycles. The number of halogens is 2. The number of carbonyl (C=O) groups is 2. The number of pyridine rings is 1. The number of carbonyl (C=O) groups excluding carboxylic acids is 2. The van der Waals surface area contributed by atoms with Crippen LogP contribution in [0.15, 0.2) is 64.2 Å². The summed E-state index contributed by atoms with van der Waals surface area (Å²) in [6.45, 7) is 1.43. The Kier molecular flexibility index (Phi) is 7.66. The molecule has 2 amide bonds. The highest BCUT2D eigenvalue weighted by Crippen LogP contribution is 2.33. The van der Waals surface area contributed by atoms with Crippen LogP contribution in [0.4, 0.5) is 11.5 Å². The molecule has 0 unspecified atom stereocenters. The number of aromatic nitrogens is 1. The topological polar surface area (TPSA) is 120 Å². The van der Waals surface area contributed by atoms with Crippen LogP contribution < -0.4 is 15.4 Å². The first kappa shape index (κ1) is 25.3. The van der Waals surface area contributed by atoms with Crippen molar-refractivity contribution in [2.24, 2.45) is 4.99 Å². The summed E-state index contributed by atoms with van der Waals surface area (Å²) < 4.78 is 6.16. The van der Waals surface area contributed by atoms with Crippen LogP contribution in [0.3, 0.4) is 0 Å². The minimum Gasteiger partial charge on any atom is -0.494 e. The van der Waals surface area contributed by atoms with Gasteiger partial charge < -0.3 is 20.3 Å². The SMILES string of the molecule is COc1cc(Cl)cc(C(=O)Nc2ccc(Br)cn2)c1NC(=O)c1ccc(C(=N)C2=NCCN2C)cc1. The largest absolute Gasteiger partial charge is 0.494 e. The van der Waals surface area contributed by atoms with Gasteiger partial charge in [-0.3, -0.25) is 20.0 Å². The van der Waals surface area contributed by atoms with Crippen molar-refractivity contribution in [3.05, 3.63) is 80.9 Å². The summed E-state index contributed by atoms with van der Waals surface area (Å²) in [4.78, 5) is 36.6. The van der Waals surface area contributed by atoms with Gasteiger partial charge in [-0.25, -0.2) is 4.98 Å². The molecule has 36 heavy (non-hydrogen) atoms. The van der Waals surface area contributed by atoms with Crippen molar-refractivity contribution in [1.29, 1.82) is 5.41 Å². The van der Waals surface area contributed by atoms with Gasteiger partial charge in [0.15, 0.2) is 0 Å². The van der Waals surface area contributed by atoms with Crippen molar-refractivity contribution >= 4 is 62.4 Å². The molecule has 9 nitrogen and oxygen atoms in total. The summed E-state index contributed by atoms with van der Waals surface area (Å²) in [5.74, 6) is 0.195. The fourth-order valence-electron chi connectivity index (χ4n) is 3.59. The van der Waals surface area contributed by atoms with Crippen molar-refractivity contribution < 1.29 is 14.3 Å². The molecule has 1 aromatic heterocycles. The van der Waals surface area contributed by atoms with Crippen LogP contribution in [0.25, 0.3) is 0 Å². The lowest BCUT2D eigenvalue weighted by Gasteiger charge is -2.16. The van der Waals surface area contributed by atoms with E-state index in [1.807, 2.05) is 11.9 Å². The monoisotopic (exact) mass is 568 g/mol. The van der Waals surface area contributed by atoms with E-state index in [1.54, 1.807) is 42.6 Å². The smallest absolute Gasteiger partial charge is 0.259 e. The first-order chi connectivity index (χ1) is 17.3. The summed E-state index contributed by atoms with van der Waals surface area (Å²) in [5.41, 5.74) is 1.55. The third-order valence-electron chi connectivity index (χ3n) is 5.46. The third-order valence-corrected chi connectivity index (χ3v) is 6.14. The molecule has 3 aromatic rings. The van der Waals surface area contributed by atoms with Crippen molar-refractivity contribution in [3.63, 3.8) is 0 Å². The number of likely N-dealkylation sites (N-methyl/N-ethyl adjacent to an activating group) is 1. The Hall–Kier alpha value is -3.76. The number of rotatable bonds is 7. The molecule has 0 radical (unpaired) electrons. The van der Waals surface area contributed by atoms with Crippen LogP contribution in [0, 0.1) is 5.41 Å². The van der Waals surface area contributed by atoms with E-state index in [1.165, 1.54) is 19.2 Å². The van der Waals surface area contributed by atoms with Gasteiger partial charge in [-0.15, -0.1) is 0 Å². The van der Waals surface area contributed by atoms with Gasteiger partial charge in [0.25, 0.3) is 11.8 Å². The van der Waals surface area contributed by atoms with Gasteiger partial charge in [-0.2, -0.15) is 0 Å². The van der Waals surface area contributed by atoms with Crippen LogP contribution >= 0.6 is 27.5 Å². The maximum atomic E-state index is 13.1. The fourth-order valence-corrected chi connectivity index (χ4v) is 4.03. The molecular formula is C25H22BrClN6O3. The molecule has 0 spiro atoms. The van der Waals surface area contributed by atoms with Gasteiger partial charge in [-0.05, 0) is 46.3 Å². The molecule has 0 bridgehead atoms. The zero-order valence-corrected chi connectivity index (χ0v) is 21.8. The highest BCUT2D eigenvalue weighted by Gasteiger charge is 2.22. The van der Waals surface area contributed by atoms with E-state index in [0.717, 1.165) is 11.0 Å². The Morgan fingerprint density at radius 1 is 1.08 bits per heavy atom. The number of anilines is 2. The van der Waals surface area contributed by atoms with Gasteiger partial charge in [0.1, 0.15) is 23.1 Å². The molecular weight excluding hydrogens is 548 g/mol. The molecule has 0 saturated carbocycles. The van der Waals surface area contributed by atoms with Gasteiger partial charge in [0, 0.05) is 46.5 Å². The Morgan fingerprint density at radius 2 is 1.81 bits per heavy atom. The van der Waals surface area contributed by atoms with Gasteiger partial charge in [0.05, 0.1) is 24.9 Å². The molecule has 0 saturated heterocycles. The normalized spacial score (nSPS) is 12.7. The number of methoxy groups -OCH3 is 1. The average Bonchev–Trinajstić information content (AvgIpc) is 3.31. The van der Waals surface area contributed by atoms with Gasteiger partial charge >= 0.3 is 0 Å². The van der Waals surface area contributed by atoms with E-state index < -0.39 is 11.8 Å². The predicted octanol–water partition coefficient (Wildman–Crippen LogP) is 4.72. The minimum absolute atomic E-state index is 0.109. The van der Waals surface area contributed by atoms with Crippen LogP contribution in [0.5, 0.6) is 5.75 Å². The lowest BCUT2D eigenvalue weighted by molar-refractivity contribution is 0.102. The first-order valence-corrected chi connectivity index (χ1v) is 12.0. The number of aliphatic imine (C=N–C) groups is 1. The highest BCUT2D eigenvalue weighted by molar-refractivity contribution is 9.10. The van der Waals surface area contributed by atoms with Crippen molar-refractivity contribution in [2.45, 2.75) is 0 Å². The number of amidine groups is 1.